The zero-order chi connectivity index (χ0) is 10.2. The minimum Gasteiger partial charge on any atom is -0.337 e. The van der Waals surface area contributed by atoms with Crippen molar-refractivity contribution in [1.29, 1.82) is 5.26 Å². The summed E-state index contributed by atoms with van der Waals surface area (Å²) in [5.41, 5.74) is 0. The van der Waals surface area contributed by atoms with Crippen LogP contribution >= 0.6 is 0 Å². The molecule has 0 unspecified atom stereocenters. The van der Waals surface area contributed by atoms with Gasteiger partial charge in [0, 0.05) is 25.9 Å². The van der Waals surface area contributed by atoms with Crippen molar-refractivity contribution >= 4 is 0 Å². The second-order valence-electron chi connectivity index (χ2n) is 3.25. The lowest BCUT2D eigenvalue weighted by atomic mass is 10.2. The van der Waals surface area contributed by atoms with Crippen LogP contribution in [0, 0.1) is 11.3 Å². The summed E-state index contributed by atoms with van der Waals surface area (Å²) >= 11 is 0. The quantitative estimate of drug-likeness (QED) is 0.689. The first-order valence-electron chi connectivity index (χ1n) is 4.88. The molecular formula is C10H16N4. The van der Waals surface area contributed by atoms with Gasteiger partial charge in [-0.25, -0.2) is 4.98 Å². The third-order valence-electron chi connectivity index (χ3n) is 2.10. The zero-order valence-electron chi connectivity index (χ0n) is 8.53. The second-order valence-corrected chi connectivity index (χ2v) is 3.25. The molecule has 0 amide bonds. The number of imidazole rings is 1. The summed E-state index contributed by atoms with van der Waals surface area (Å²) < 4.78 is 2.00. The molecule has 1 aromatic heterocycles. The summed E-state index contributed by atoms with van der Waals surface area (Å²) in [5, 5.41) is 11.6. The van der Waals surface area contributed by atoms with Crippen molar-refractivity contribution < 1.29 is 0 Å². The summed E-state index contributed by atoms with van der Waals surface area (Å²) in [6, 6.07) is 2.14. The Morgan fingerprint density at radius 1 is 1.57 bits per heavy atom. The Hall–Kier alpha value is -1.34. The fraction of sp³-hybridized carbons (Fsp3) is 0.600. The van der Waals surface area contributed by atoms with E-state index in [1.807, 2.05) is 17.8 Å². The van der Waals surface area contributed by atoms with E-state index in [1.54, 1.807) is 6.20 Å². The lowest BCUT2D eigenvalue weighted by Crippen LogP contribution is -2.17. The Labute approximate surface area is 84.6 Å². The highest BCUT2D eigenvalue weighted by molar-refractivity contribution is 4.90. The number of hydrogen-bond donors (Lipinski definition) is 1. The standard InChI is InChI=1S/C10H16N4/c1-14-8-7-13-10(14)9-12-6-4-2-3-5-11/h7-8,12H,2-4,6,9H2,1H3. The molecule has 76 valence electrons. The highest BCUT2D eigenvalue weighted by atomic mass is 15.1. The number of nitrogens with zero attached hydrogens (tertiary/aromatic N) is 3. The number of unbranched alkanes of at least 4 members (excludes halogenated alkanes) is 2. The molecule has 0 aliphatic rings. The monoisotopic (exact) mass is 192 g/mol. The van der Waals surface area contributed by atoms with E-state index in [1.165, 1.54) is 0 Å². The smallest absolute Gasteiger partial charge is 0.122 e. The Kier molecular flexibility index (Phi) is 4.73. The van der Waals surface area contributed by atoms with Gasteiger partial charge in [-0.1, -0.05) is 0 Å². The number of nitriles is 1. The molecule has 14 heavy (non-hydrogen) atoms. The summed E-state index contributed by atoms with van der Waals surface area (Å²) in [6.07, 6.45) is 6.42. The van der Waals surface area contributed by atoms with Crippen molar-refractivity contribution in [2.75, 3.05) is 6.54 Å². The summed E-state index contributed by atoms with van der Waals surface area (Å²) in [6.45, 7) is 1.75. The van der Waals surface area contributed by atoms with Crippen LogP contribution in [0.1, 0.15) is 25.1 Å². The van der Waals surface area contributed by atoms with Crippen molar-refractivity contribution in [3.8, 4) is 6.07 Å². The van der Waals surface area contributed by atoms with Crippen LogP contribution in [0.2, 0.25) is 0 Å². The number of aryl methyl sites for hydroxylation is 1. The topological polar surface area (TPSA) is 53.6 Å². The normalized spacial score (nSPS) is 10.0. The highest BCUT2D eigenvalue weighted by Crippen LogP contribution is 1.95. The predicted molar refractivity (Wildman–Crippen MR) is 54.4 cm³/mol. The molecule has 0 bridgehead atoms. The number of rotatable bonds is 6. The first-order valence-corrected chi connectivity index (χ1v) is 4.88. The minimum absolute atomic E-state index is 0.657. The molecule has 0 aliphatic heterocycles. The van der Waals surface area contributed by atoms with E-state index < -0.39 is 0 Å². The lowest BCUT2D eigenvalue weighted by molar-refractivity contribution is 0.600. The fourth-order valence-electron chi connectivity index (χ4n) is 1.22. The van der Waals surface area contributed by atoms with E-state index in [0.717, 1.165) is 31.8 Å². The van der Waals surface area contributed by atoms with Crippen LogP contribution in [-0.4, -0.2) is 16.1 Å². The van der Waals surface area contributed by atoms with E-state index in [9.17, 15) is 0 Å². The van der Waals surface area contributed by atoms with Gasteiger partial charge >= 0.3 is 0 Å². The van der Waals surface area contributed by atoms with Crippen LogP contribution in [0.4, 0.5) is 0 Å². The molecular weight excluding hydrogens is 176 g/mol. The van der Waals surface area contributed by atoms with Gasteiger partial charge in [-0.15, -0.1) is 0 Å². The summed E-state index contributed by atoms with van der Waals surface area (Å²) in [5.74, 6) is 1.05. The van der Waals surface area contributed by atoms with Crippen LogP contribution in [0.5, 0.6) is 0 Å². The molecule has 0 aliphatic carbocycles. The summed E-state index contributed by atoms with van der Waals surface area (Å²) in [4.78, 5) is 4.20. The SMILES string of the molecule is Cn1ccnc1CNCCCCC#N. The molecule has 0 atom stereocenters. The number of hydrogen-bond acceptors (Lipinski definition) is 3. The third-order valence-corrected chi connectivity index (χ3v) is 2.10. The fourth-order valence-corrected chi connectivity index (χ4v) is 1.22. The van der Waals surface area contributed by atoms with Gasteiger partial charge in [0.25, 0.3) is 0 Å². The largest absolute Gasteiger partial charge is 0.337 e. The van der Waals surface area contributed by atoms with Crippen LogP contribution < -0.4 is 5.32 Å². The molecule has 0 fully saturated rings. The van der Waals surface area contributed by atoms with Gasteiger partial charge in [0.15, 0.2) is 0 Å². The van der Waals surface area contributed by atoms with Gasteiger partial charge in [0.1, 0.15) is 5.82 Å². The Balaban J connectivity index is 2.05. The van der Waals surface area contributed by atoms with Crippen LogP contribution in [0.25, 0.3) is 0 Å². The maximum atomic E-state index is 8.33. The Bertz CT molecular complexity index is 297. The molecule has 0 radical (unpaired) electrons. The first-order chi connectivity index (χ1) is 6.84. The molecule has 1 heterocycles. The van der Waals surface area contributed by atoms with Crippen molar-refractivity contribution in [2.24, 2.45) is 7.05 Å². The molecule has 4 heteroatoms. The van der Waals surface area contributed by atoms with Gasteiger partial charge in [0.2, 0.25) is 0 Å². The van der Waals surface area contributed by atoms with Crippen molar-refractivity contribution in [2.45, 2.75) is 25.8 Å². The van der Waals surface area contributed by atoms with Crippen molar-refractivity contribution in [3.63, 3.8) is 0 Å². The molecule has 0 saturated heterocycles. The third kappa shape index (κ3) is 3.58. The van der Waals surface area contributed by atoms with Crippen LogP contribution in [0.15, 0.2) is 12.4 Å². The maximum Gasteiger partial charge on any atom is 0.122 e. The minimum atomic E-state index is 0.657. The maximum absolute atomic E-state index is 8.33. The van der Waals surface area contributed by atoms with E-state index in [4.69, 9.17) is 5.26 Å². The average Bonchev–Trinajstić information content (AvgIpc) is 2.58. The van der Waals surface area contributed by atoms with Gasteiger partial charge in [0.05, 0.1) is 12.6 Å². The van der Waals surface area contributed by atoms with Gasteiger partial charge in [-0.2, -0.15) is 5.26 Å². The molecule has 1 aromatic rings. The molecule has 1 N–H and O–H groups in total. The molecule has 4 nitrogen and oxygen atoms in total. The Morgan fingerprint density at radius 3 is 3.07 bits per heavy atom. The van der Waals surface area contributed by atoms with Crippen LogP contribution in [-0.2, 0) is 13.6 Å². The van der Waals surface area contributed by atoms with Gasteiger partial charge in [-0.05, 0) is 19.4 Å². The highest BCUT2D eigenvalue weighted by Gasteiger charge is 1.96. The van der Waals surface area contributed by atoms with Crippen molar-refractivity contribution in [1.82, 2.24) is 14.9 Å². The van der Waals surface area contributed by atoms with Gasteiger partial charge in [-0.3, -0.25) is 0 Å². The molecule has 0 saturated carbocycles. The van der Waals surface area contributed by atoms with Crippen molar-refractivity contribution in [3.05, 3.63) is 18.2 Å². The van der Waals surface area contributed by atoms with Crippen LogP contribution in [0.3, 0.4) is 0 Å². The van der Waals surface area contributed by atoms with E-state index >= 15 is 0 Å². The molecule has 0 aromatic carbocycles. The summed E-state index contributed by atoms with van der Waals surface area (Å²) in [7, 11) is 1.99. The van der Waals surface area contributed by atoms with E-state index in [-0.39, 0.29) is 0 Å². The predicted octanol–water partition coefficient (Wildman–Crippen LogP) is 1.20. The number of nitrogens with one attached hydrogen (secondary N) is 1. The zero-order valence-corrected chi connectivity index (χ0v) is 8.53. The molecule has 1 rings (SSSR count). The number of aromatic nitrogens is 2. The molecule has 0 spiro atoms. The lowest BCUT2D eigenvalue weighted by Gasteiger charge is -2.03. The average molecular weight is 192 g/mol. The second kappa shape index (κ2) is 6.17. The first kappa shape index (κ1) is 10.7. The van der Waals surface area contributed by atoms with E-state index in [2.05, 4.69) is 16.4 Å². The van der Waals surface area contributed by atoms with Gasteiger partial charge < -0.3 is 9.88 Å². The van der Waals surface area contributed by atoms with E-state index in [0.29, 0.717) is 6.42 Å². The Morgan fingerprint density at radius 2 is 2.43 bits per heavy atom.